The van der Waals surface area contributed by atoms with Crippen LogP contribution >= 0.6 is 15.9 Å². The lowest BCUT2D eigenvalue weighted by Gasteiger charge is -2.13. The van der Waals surface area contributed by atoms with Crippen LogP contribution < -0.4 is 5.56 Å². The molecule has 2 nitrogen and oxygen atoms in total. The van der Waals surface area contributed by atoms with E-state index in [1.807, 2.05) is 28.8 Å². The molecule has 0 saturated heterocycles. The predicted octanol–water partition coefficient (Wildman–Crippen LogP) is 3.75. The first-order chi connectivity index (χ1) is 8.81. The molecule has 0 N–H and O–H groups in total. The molecule has 1 heterocycles. The zero-order chi connectivity index (χ0) is 12.5. The summed E-state index contributed by atoms with van der Waals surface area (Å²) in [5, 5.41) is 0.619. The van der Waals surface area contributed by atoms with Gasteiger partial charge in [0.15, 0.2) is 0 Å². The fourth-order valence-electron chi connectivity index (χ4n) is 2.24. The van der Waals surface area contributed by atoms with E-state index in [-0.39, 0.29) is 5.56 Å². The van der Waals surface area contributed by atoms with Gasteiger partial charge in [0.05, 0.1) is 5.69 Å². The van der Waals surface area contributed by atoms with Gasteiger partial charge in [-0.05, 0) is 24.5 Å². The molecule has 1 aliphatic carbocycles. The number of hydrogen-bond acceptors (Lipinski definition) is 1. The van der Waals surface area contributed by atoms with Crippen LogP contribution in [0.3, 0.4) is 0 Å². The first kappa shape index (κ1) is 11.7. The smallest absolute Gasteiger partial charge is 0.255 e. The number of aromatic nitrogens is 1. The monoisotopic (exact) mass is 303 g/mol. The summed E-state index contributed by atoms with van der Waals surface area (Å²) in [4.78, 5) is 12.4. The van der Waals surface area contributed by atoms with Crippen molar-refractivity contribution >= 4 is 15.9 Å². The van der Waals surface area contributed by atoms with Crippen LogP contribution in [0.1, 0.15) is 24.4 Å². The first-order valence-electron chi connectivity index (χ1n) is 6.17. The van der Waals surface area contributed by atoms with Crippen molar-refractivity contribution in [2.45, 2.75) is 24.2 Å². The van der Waals surface area contributed by atoms with E-state index in [2.05, 4.69) is 34.1 Å². The fourth-order valence-corrected chi connectivity index (χ4v) is 2.66. The van der Waals surface area contributed by atoms with Gasteiger partial charge in [0, 0.05) is 16.9 Å². The topological polar surface area (TPSA) is 22.0 Å². The van der Waals surface area contributed by atoms with Crippen molar-refractivity contribution in [2.75, 3.05) is 0 Å². The second kappa shape index (κ2) is 4.73. The summed E-state index contributed by atoms with van der Waals surface area (Å²) in [6.07, 6.45) is 2.23. The molecule has 0 atom stereocenters. The maximum atomic E-state index is 12.4. The third kappa shape index (κ3) is 2.03. The van der Waals surface area contributed by atoms with Gasteiger partial charge in [-0.2, -0.15) is 0 Å². The number of benzene rings is 1. The summed E-state index contributed by atoms with van der Waals surface area (Å²) < 4.78 is 1.96. The van der Waals surface area contributed by atoms with Crippen molar-refractivity contribution in [1.82, 2.24) is 4.57 Å². The van der Waals surface area contributed by atoms with Crippen molar-refractivity contribution in [3.05, 3.63) is 58.4 Å². The van der Waals surface area contributed by atoms with E-state index in [1.54, 1.807) is 0 Å². The molecule has 0 amide bonds. The van der Waals surface area contributed by atoms with E-state index in [4.69, 9.17) is 0 Å². The molecular weight excluding hydrogens is 290 g/mol. The zero-order valence-electron chi connectivity index (χ0n) is 9.97. The lowest BCUT2D eigenvalue weighted by molar-refractivity contribution is 0.710. The Kier molecular flexibility index (Phi) is 3.08. The lowest BCUT2D eigenvalue weighted by Crippen LogP contribution is -2.23. The van der Waals surface area contributed by atoms with Crippen LogP contribution in [0, 0.1) is 0 Å². The van der Waals surface area contributed by atoms with E-state index in [0.717, 1.165) is 29.7 Å². The average molecular weight is 304 g/mol. The number of nitrogens with zero attached hydrogens (tertiary/aromatic N) is 1. The minimum absolute atomic E-state index is 0.149. The van der Waals surface area contributed by atoms with Crippen molar-refractivity contribution in [1.29, 1.82) is 0 Å². The minimum Gasteiger partial charge on any atom is -0.305 e. The molecule has 0 unspecified atom stereocenters. The molecule has 1 aromatic heterocycles. The van der Waals surface area contributed by atoms with Gasteiger partial charge in [-0.1, -0.05) is 52.3 Å². The van der Waals surface area contributed by atoms with Gasteiger partial charge in [0.25, 0.3) is 5.56 Å². The number of pyridine rings is 1. The maximum absolute atomic E-state index is 12.4. The Morgan fingerprint density at radius 2 is 1.83 bits per heavy atom. The molecule has 2 aromatic rings. The van der Waals surface area contributed by atoms with Crippen LogP contribution in [0.25, 0.3) is 11.3 Å². The molecule has 3 heteroatoms. The van der Waals surface area contributed by atoms with Crippen molar-refractivity contribution < 1.29 is 0 Å². The lowest BCUT2D eigenvalue weighted by atomic mass is 10.1. The Labute approximate surface area is 114 Å². The number of hydrogen-bond donors (Lipinski definition) is 0. The van der Waals surface area contributed by atoms with E-state index in [1.165, 1.54) is 0 Å². The van der Waals surface area contributed by atoms with Crippen molar-refractivity contribution in [2.24, 2.45) is 0 Å². The van der Waals surface area contributed by atoms with Gasteiger partial charge >= 0.3 is 0 Å². The van der Waals surface area contributed by atoms with Crippen LogP contribution in [-0.2, 0) is 5.33 Å². The third-order valence-electron chi connectivity index (χ3n) is 3.32. The standard InChI is InChI=1S/C15H14BrNO/c16-10-12-6-9-14(11-4-2-1-3-5-11)17(15(12)18)13-7-8-13/h1-6,9,13H,7-8,10H2. The van der Waals surface area contributed by atoms with Crippen LogP contribution in [0.5, 0.6) is 0 Å². The number of rotatable bonds is 3. The van der Waals surface area contributed by atoms with Gasteiger partial charge in [-0.25, -0.2) is 0 Å². The quantitative estimate of drug-likeness (QED) is 0.792. The minimum atomic E-state index is 0.149. The highest BCUT2D eigenvalue weighted by atomic mass is 79.9. The molecule has 92 valence electrons. The Bertz CT molecular complexity index is 614. The highest BCUT2D eigenvalue weighted by Crippen LogP contribution is 2.37. The Balaban J connectivity index is 2.21. The predicted molar refractivity (Wildman–Crippen MR) is 77.0 cm³/mol. The third-order valence-corrected chi connectivity index (χ3v) is 3.93. The molecular formula is C15H14BrNO. The molecule has 1 saturated carbocycles. The molecule has 0 aliphatic heterocycles. The summed E-state index contributed by atoms with van der Waals surface area (Å²) in [6, 6.07) is 14.5. The van der Waals surface area contributed by atoms with Gasteiger partial charge in [0.1, 0.15) is 0 Å². The van der Waals surface area contributed by atoms with Crippen LogP contribution in [0.15, 0.2) is 47.3 Å². The SMILES string of the molecule is O=c1c(CBr)ccc(-c2ccccc2)n1C1CC1. The molecule has 0 spiro atoms. The Morgan fingerprint density at radius 3 is 2.44 bits per heavy atom. The maximum Gasteiger partial charge on any atom is 0.255 e. The van der Waals surface area contributed by atoms with E-state index >= 15 is 0 Å². The van der Waals surface area contributed by atoms with Gasteiger partial charge in [-0.15, -0.1) is 0 Å². The molecule has 0 bridgehead atoms. The Hall–Kier alpha value is -1.35. The second-order valence-electron chi connectivity index (χ2n) is 4.65. The van der Waals surface area contributed by atoms with Crippen LogP contribution in [-0.4, -0.2) is 4.57 Å². The first-order valence-corrected chi connectivity index (χ1v) is 7.29. The highest BCUT2D eigenvalue weighted by Gasteiger charge is 2.27. The summed E-state index contributed by atoms with van der Waals surface area (Å²) in [6.45, 7) is 0. The summed E-state index contributed by atoms with van der Waals surface area (Å²) >= 11 is 3.38. The zero-order valence-corrected chi connectivity index (χ0v) is 11.6. The normalized spacial score (nSPS) is 14.7. The molecule has 0 radical (unpaired) electrons. The number of halogens is 1. The van der Waals surface area contributed by atoms with E-state index < -0.39 is 0 Å². The van der Waals surface area contributed by atoms with Gasteiger partial charge in [-0.3, -0.25) is 4.79 Å². The molecule has 1 aliphatic rings. The van der Waals surface area contributed by atoms with Crippen molar-refractivity contribution in [3.8, 4) is 11.3 Å². The number of alkyl halides is 1. The Morgan fingerprint density at radius 1 is 1.11 bits per heavy atom. The second-order valence-corrected chi connectivity index (χ2v) is 5.21. The van der Waals surface area contributed by atoms with Gasteiger partial charge < -0.3 is 4.57 Å². The molecule has 3 rings (SSSR count). The molecule has 1 aromatic carbocycles. The summed E-state index contributed by atoms with van der Waals surface area (Å²) in [5.74, 6) is 0. The highest BCUT2D eigenvalue weighted by molar-refractivity contribution is 9.08. The average Bonchev–Trinajstić information content (AvgIpc) is 3.23. The van der Waals surface area contributed by atoms with Crippen molar-refractivity contribution in [3.63, 3.8) is 0 Å². The fraction of sp³-hybridized carbons (Fsp3) is 0.267. The van der Waals surface area contributed by atoms with Gasteiger partial charge in [0.2, 0.25) is 0 Å². The van der Waals surface area contributed by atoms with Crippen LogP contribution in [0.4, 0.5) is 0 Å². The van der Waals surface area contributed by atoms with E-state index in [9.17, 15) is 4.79 Å². The molecule has 18 heavy (non-hydrogen) atoms. The van der Waals surface area contributed by atoms with Crippen LogP contribution in [0.2, 0.25) is 0 Å². The molecule has 1 fully saturated rings. The summed E-state index contributed by atoms with van der Waals surface area (Å²) in [5.41, 5.74) is 3.13. The largest absolute Gasteiger partial charge is 0.305 e. The summed E-state index contributed by atoms with van der Waals surface area (Å²) in [7, 11) is 0. The van der Waals surface area contributed by atoms with E-state index in [0.29, 0.717) is 11.4 Å².